The molecular formula is C37H30F6N2O3. The van der Waals surface area contributed by atoms with Gasteiger partial charge in [-0.2, -0.15) is 26.3 Å². The van der Waals surface area contributed by atoms with E-state index in [1.54, 1.807) is 84.9 Å². The summed E-state index contributed by atoms with van der Waals surface area (Å²) < 4.78 is 82.1. The van der Waals surface area contributed by atoms with Gasteiger partial charge in [-0.1, -0.05) is 91.0 Å². The number of phenols is 1. The molecule has 0 fully saturated rings. The molecule has 0 radical (unpaired) electrons. The summed E-state index contributed by atoms with van der Waals surface area (Å²) in [6.45, 7) is 0. The fourth-order valence-electron chi connectivity index (χ4n) is 5.85. The molecule has 1 unspecified atom stereocenters. The third-order valence-electron chi connectivity index (χ3n) is 8.19. The number of nitrogens with zero attached hydrogens (tertiary/aromatic N) is 1. The summed E-state index contributed by atoms with van der Waals surface area (Å²) in [7, 11) is 1.30. The third kappa shape index (κ3) is 7.62. The van der Waals surface area contributed by atoms with Crippen LogP contribution >= 0.6 is 0 Å². The largest absolute Gasteiger partial charge is 0.506 e. The van der Waals surface area contributed by atoms with Crippen molar-refractivity contribution in [2.45, 2.75) is 37.2 Å². The van der Waals surface area contributed by atoms with Crippen molar-refractivity contribution in [3.05, 3.63) is 143 Å². The second kappa shape index (κ2) is 13.8. The number of fused-ring (bicyclic) bond motifs is 1. The minimum atomic E-state index is -5.14. The number of carbonyl (C=O) groups excluding carboxylic acids is 2. The molecule has 2 amide bonds. The molecule has 5 rings (SSSR count). The number of aromatic hydroxyl groups is 1. The molecule has 0 aromatic heterocycles. The molecule has 48 heavy (non-hydrogen) atoms. The predicted octanol–water partition coefficient (Wildman–Crippen LogP) is 9.27. The highest BCUT2D eigenvalue weighted by atomic mass is 19.4. The molecule has 248 valence electrons. The Hall–Kier alpha value is -5.32. The van der Waals surface area contributed by atoms with Gasteiger partial charge >= 0.3 is 12.4 Å². The Labute approximate surface area is 272 Å². The number of benzene rings is 5. The van der Waals surface area contributed by atoms with Crippen molar-refractivity contribution in [1.29, 1.82) is 0 Å². The number of carbonyl (C=O) groups is 2. The zero-order valence-electron chi connectivity index (χ0n) is 25.5. The van der Waals surface area contributed by atoms with Crippen LogP contribution in [0.4, 0.5) is 32.0 Å². The second-order valence-electron chi connectivity index (χ2n) is 11.3. The number of hydrogen-bond donors (Lipinski definition) is 2. The number of alkyl halides is 6. The van der Waals surface area contributed by atoms with Crippen molar-refractivity contribution in [1.82, 2.24) is 4.90 Å². The number of hydrogen-bond acceptors (Lipinski definition) is 3. The van der Waals surface area contributed by atoms with E-state index >= 15 is 0 Å². The standard InChI is InChI=1S/C37H30F6N2O3/c1-45(35(48)26-20-27(36(38,39)40)22-28(21-26)37(41,42)43)30(33(24-11-4-2-5-12-24)25-13-6-3-7-14-25)17-19-32(47)44-34-29-15-9-8-10-23(29)16-18-31(34)46/h2-16,18,20-22,30,33,46H,17,19H2,1H3,(H,44,47). The summed E-state index contributed by atoms with van der Waals surface area (Å²) in [4.78, 5) is 28.4. The van der Waals surface area contributed by atoms with Crippen LogP contribution in [0.2, 0.25) is 0 Å². The lowest BCUT2D eigenvalue weighted by Gasteiger charge is -2.36. The lowest BCUT2D eigenvalue weighted by molar-refractivity contribution is -0.143. The highest BCUT2D eigenvalue weighted by Gasteiger charge is 2.39. The summed E-state index contributed by atoms with van der Waals surface area (Å²) in [6, 6.07) is 27.9. The SMILES string of the molecule is CN(C(=O)c1cc(C(F)(F)F)cc(C(F)(F)F)c1)C(CCC(=O)Nc1c(O)ccc2ccccc12)C(c1ccccc1)c1ccccc1. The van der Waals surface area contributed by atoms with Crippen LogP contribution in [0, 0.1) is 0 Å². The summed E-state index contributed by atoms with van der Waals surface area (Å²) in [5.74, 6) is -2.40. The molecule has 5 aromatic carbocycles. The van der Waals surface area contributed by atoms with Crippen LogP contribution in [0.15, 0.2) is 115 Å². The van der Waals surface area contributed by atoms with E-state index in [4.69, 9.17) is 0 Å². The van der Waals surface area contributed by atoms with E-state index in [1.165, 1.54) is 13.1 Å². The van der Waals surface area contributed by atoms with Crippen molar-refractivity contribution in [2.24, 2.45) is 0 Å². The van der Waals surface area contributed by atoms with E-state index in [-0.39, 0.29) is 30.3 Å². The van der Waals surface area contributed by atoms with Gasteiger partial charge in [-0.3, -0.25) is 9.59 Å². The van der Waals surface area contributed by atoms with Crippen LogP contribution in [0.3, 0.4) is 0 Å². The molecular weight excluding hydrogens is 634 g/mol. The van der Waals surface area contributed by atoms with Gasteiger partial charge in [0, 0.05) is 36.4 Å². The summed E-state index contributed by atoms with van der Waals surface area (Å²) in [5, 5.41) is 14.6. The normalized spacial score (nSPS) is 12.6. The Kier molecular flexibility index (Phi) is 9.79. The number of likely N-dealkylation sites (N-methyl/N-ethyl adjacent to an activating group) is 1. The smallest absolute Gasteiger partial charge is 0.416 e. The first kappa shape index (κ1) is 34.0. The van der Waals surface area contributed by atoms with Crippen LogP contribution in [0.25, 0.3) is 10.8 Å². The third-order valence-corrected chi connectivity index (χ3v) is 8.19. The number of nitrogens with one attached hydrogen (secondary N) is 1. The van der Waals surface area contributed by atoms with Crippen molar-refractivity contribution in [3.8, 4) is 5.75 Å². The molecule has 0 aliphatic rings. The molecule has 0 bridgehead atoms. The first-order chi connectivity index (χ1) is 22.7. The zero-order chi connectivity index (χ0) is 34.6. The Balaban J connectivity index is 1.54. The lowest BCUT2D eigenvalue weighted by atomic mass is 9.82. The van der Waals surface area contributed by atoms with Gasteiger partial charge < -0.3 is 15.3 Å². The minimum Gasteiger partial charge on any atom is -0.506 e. The number of anilines is 1. The van der Waals surface area contributed by atoms with Crippen LogP contribution in [0.1, 0.15) is 51.4 Å². The maximum atomic E-state index is 13.9. The molecule has 5 nitrogen and oxygen atoms in total. The van der Waals surface area contributed by atoms with Gasteiger partial charge in [0.15, 0.2) is 0 Å². The van der Waals surface area contributed by atoms with E-state index in [1.807, 2.05) is 6.07 Å². The van der Waals surface area contributed by atoms with Crippen LogP contribution in [-0.2, 0) is 17.1 Å². The van der Waals surface area contributed by atoms with Gasteiger partial charge in [0.25, 0.3) is 5.91 Å². The fourth-order valence-corrected chi connectivity index (χ4v) is 5.85. The second-order valence-corrected chi connectivity index (χ2v) is 11.3. The quantitative estimate of drug-likeness (QED) is 0.122. The molecule has 5 aromatic rings. The Morgan fingerprint density at radius 1 is 0.729 bits per heavy atom. The summed E-state index contributed by atoms with van der Waals surface area (Å²) in [6.07, 6.45) is -10.5. The first-order valence-electron chi connectivity index (χ1n) is 14.9. The van der Waals surface area contributed by atoms with Gasteiger partial charge in [0.1, 0.15) is 5.75 Å². The van der Waals surface area contributed by atoms with E-state index in [0.717, 1.165) is 10.3 Å². The fraction of sp³-hybridized carbons (Fsp3) is 0.189. The maximum Gasteiger partial charge on any atom is 0.416 e. The van der Waals surface area contributed by atoms with E-state index in [0.29, 0.717) is 28.6 Å². The van der Waals surface area contributed by atoms with Crippen LogP contribution in [-0.4, -0.2) is 34.9 Å². The number of halogens is 6. The van der Waals surface area contributed by atoms with Gasteiger partial charge in [-0.05, 0) is 47.2 Å². The Morgan fingerprint density at radius 2 is 1.25 bits per heavy atom. The highest BCUT2D eigenvalue weighted by molar-refractivity contribution is 6.04. The zero-order valence-corrected chi connectivity index (χ0v) is 25.5. The number of rotatable bonds is 9. The van der Waals surface area contributed by atoms with Crippen LogP contribution < -0.4 is 5.32 Å². The van der Waals surface area contributed by atoms with Crippen molar-refractivity contribution in [2.75, 3.05) is 12.4 Å². The molecule has 2 N–H and O–H groups in total. The van der Waals surface area contributed by atoms with E-state index < -0.39 is 52.8 Å². The van der Waals surface area contributed by atoms with Crippen molar-refractivity contribution < 1.29 is 41.0 Å². The molecule has 0 spiro atoms. The average molecular weight is 665 g/mol. The predicted molar refractivity (Wildman–Crippen MR) is 171 cm³/mol. The molecule has 0 heterocycles. The van der Waals surface area contributed by atoms with Gasteiger partial charge in [-0.25, -0.2) is 0 Å². The lowest BCUT2D eigenvalue weighted by Crippen LogP contribution is -2.42. The van der Waals surface area contributed by atoms with Gasteiger partial charge in [-0.15, -0.1) is 0 Å². The van der Waals surface area contributed by atoms with Crippen LogP contribution in [0.5, 0.6) is 5.75 Å². The highest BCUT2D eigenvalue weighted by Crippen LogP contribution is 2.39. The maximum absolute atomic E-state index is 13.9. The Morgan fingerprint density at radius 3 is 1.79 bits per heavy atom. The summed E-state index contributed by atoms with van der Waals surface area (Å²) >= 11 is 0. The average Bonchev–Trinajstić information content (AvgIpc) is 3.07. The molecule has 11 heteroatoms. The monoisotopic (exact) mass is 664 g/mol. The van der Waals surface area contributed by atoms with Gasteiger partial charge in [0.05, 0.1) is 16.8 Å². The first-order valence-corrected chi connectivity index (χ1v) is 14.9. The van der Waals surface area contributed by atoms with E-state index in [2.05, 4.69) is 5.32 Å². The number of phenolic OH excluding ortho intramolecular Hbond substituents is 1. The van der Waals surface area contributed by atoms with Crippen molar-refractivity contribution in [3.63, 3.8) is 0 Å². The summed E-state index contributed by atoms with van der Waals surface area (Å²) in [5.41, 5.74) is -2.41. The molecule has 0 saturated carbocycles. The van der Waals surface area contributed by atoms with Crippen molar-refractivity contribution >= 4 is 28.3 Å². The molecule has 1 atom stereocenters. The van der Waals surface area contributed by atoms with Gasteiger partial charge in [0.2, 0.25) is 5.91 Å². The van der Waals surface area contributed by atoms with E-state index in [9.17, 15) is 41.0 Å². The molecule has 0 saturated heterocycles. The minimum absolute atomic E-state index is 0.0297. The number of amides is 2. The molecule has 0 aliphatic heterocycles. The molecule has 0 aliphatic carbocycles. The topological polar surface area (TPSA) is 69.6 Å². The Bertz CT molecular complexity index is 1840.